The Morgan fingerprint density at radius 2 is 1.63 bits per heavy atom. The van der Waals surface area contributed by atoms with Crippen molar-refractivity contribution in [2.45, 2.75) is 12.5 Å². The number of hydrogen-bond acceptors (Lipinski definition) is 1. The fraction of sp³-hybridized carbons (Fsp3) is 0.111. The molecular formula is C18H14O. The second-order valence-corrected chi connectivity index (χ2v) is 5.23. The molecule has 0 N–H and O–H groups in total. The van der Waals surface area contributed by atoms with Crippen molar-refractivity contribution in [3.63, 3.8) is 0 Å². The molecule has 0 saturated carbocycles. The van der Waals surface area contributed by atoms with E-state index in [1.807, 2.05) is 18.2 Å². The van der Waals surface area contributed by atoms with Gasteiger partial charge in [0.15, 0.2) is 5.60 Å². The fourth-order valence-corrected chi connectivity index (χ4v) is 2.88. The van der Waals surface area contributed by atoms with Gasteiger partial charge in [-0.15, -0.1) is 0 Å². The molecule has 0 bridgehead atoms. The number of benzene rings is 2. The van der Waals surface area contributed by atoms with E-state index < -0.39 is 0 Å². The van der Waals surface area contributed by atoms with Crippen LogP contribution < -0.4 is 4.74 Å². The third kappa shape index (κ3) is 1.48. The van der Waals surface area contributed by atoms with E-state index in [0.717, 1.165) is 11.3 Å². The maximum Gasteiger partial charge on any atom is 0.150 e. The standard InChI is InChI=1S/C18H14O/c1-18-11-10-13-6-2-4-8-15(13)16(18)12-14-7-3-5-9-17(14)19-18/h2-12H,1H3. The molecule has 92 valence electrons. The average molecular weight is 246 g/mol. The Morgan fingerprint density at radius 3 is 2.53 bits per heavy atom. The van der Waals surface area contributed by atoms with Gasteiger partial charge in [0.25, 0.3) is 0 Å². The minimum Gasteiger partial charge on any atom is -0.478 e. The van der Waals surface area contributed by atoms with Crippen LogP contribution >= 0.6 is 0 Å². The van der Waals surface area contributed by atoms with Crippen molar-refractivity contribution in [3.05, 3.63) is 71.3 Å². The molecule has 1 heteroatoms. The summed E-state index contributed by atoms with van der Waals surface area (Å²) in [7, 11) is 0. The van der Waals surface area contributed by atoms with Crippen LogP contribution in [0.3, 0.4) is 0 Å². The summed E-state index contributed by atoms with van der Waals surface area (Å²) in [5.74, 6) is 0.956. The smallest absolute Gasteiger partial charge is 0.150 e. The first-order chi connectivity index (χ1) is 9.26. The number of ether oxygens (including phenoxy) is 1. The monoisotopic (exact) mass is 246 g/mol. The second kappa shape index (κ2) is 3.61. The molecule has 1 atom stereocenters. The summed E-state index contributed by atoms with van der Waals surface area (Å²) in [6.07, 6.45) is 6.55. The van der Waals surface area contributed by atoms with E-state index in [-0.39, 0.29) is 5.60 Å². The van der Waals surface area contributed by atoms with Crippen LogP contribution in [0.4, 0.5) is 0 Å². The Labute approximate surface area is 112 Å². The molecule has 0 saturated heterocycles. The highest BCUT2D eigenvalue weighted by atomic mass is 16.5. The molecule has 2 aromatic rings. The second-order valence-electron chi connectivity index (χ2n) is 5.23. The zero-order valence-corrected chi connectivity index (χ0v) is 10.8. The van der Waals surface area contributed by atoms with Crippen LogP contribution in [0.25, 0.3) is 17.7 Å². The van der Waals surface area contributed by atoms with E-state index in [0.29, 0.717) is 0 Å². The molecule has 1 unspecified atom stereocenters. The lowest BCUT2D eigenvalue weighted by molar-refractivity contribution is 0.199. The average Bonchev–Trinajstić information content (AvgIpc) is 2.45. The highest BCUT2D eigenvalue weighted by molar-refractivity contribution is 5.95. The summed E-state index contributed by atoms with van der Waals surface area (Å²) in [5, 5.41) is 0. The Hall–Kier alpha value is -2.28. The number of fused-ring (bicyclic) bond motifs is 4. The summed E-state index contributed by atoms with van der Waals surface area (Å²) < 4.78 is 6.23. The van der Waals surface area contributed by atoms with Crippen LogP contribution in [0, 0.1) is 0 Å². The van der Waals surface area contributed by atoms with Crippen molar-refractivity contribution in [2.75, 3.05) is 0 Å². The minimum absolute atomic E-state index is 0.358. The lowest BCUT2D eigenvalue weighted by atomic mass is 9.79. The quantitative estimate of drug-likeness (QED) is 0.669. The van der Waals surface area contributed by atoms with Gasteiger partial charge in [0.2, 0.25) is 0 Å². The van der Waals surface area contributed by atoms with Gasteiger partial charge >= 0.3 is 0 Å². The van der Waals surface area contributed by atoms with Gasteiger partial charge in [0.1, 0.15) is 5.75 Å². The van der Waals surface area contributed by atoms with Gasteiger partial charge in [-0.25, -0.2) is 0 Å². The molecule has 1 aliphatic heterocycles. The van der Waals surface area contributed by atoms with Crippen LogP contribution in [-0.2, 0) is 0 Å². The van der Waals surface area contributed by atoms with Crippen LogP contribution in [0.15, 0.2) is 54.6 Å². The summed E-state index contributed by atoms with van der Waals surface area (Å²) in [6, 6.07) is 16.7. The predicted molar refractivity (Wildman–Crippen MR) is 78.8 cm³/mol. The highest BCUT2D eigenvalue weighted by Crippen LogP contribution is 2.44. The molecular weight excluding hydrogens is 232 g/mol. The van der Waals surface area contributed by atoms with E-state index in [9.17, 15) is 0 Å². The molecule has 4 rings (SSSR count). The Bertz CT molecular complexity index is 724. The molecule has 0 spiro atoms. The third-order valence-corrected chi connectivity index (χ3v) is 3.91. The van der Waals surface area contributed by atoms with Gasteiger partial charge in [-0.3, -0.25) is 0 Å². The van der Waals surface area contributed by atoms with E-state index in [1.165, 1.54) is 16.7 Å². The van der Waals surface area contributed by atoms with E-state index in [1.54, 1.807) is 0 Å². The maximum absolute atomic E-state index is 6.23. The molecule has 0 amide bonds. The normalized spacial score (nSPS) is 22.7. The molecule has 0 aromatic heterocycles. The van der Waals surface area contributed by atoms with Gasteiger partial charge < -0.3 is 4.74 Å². The largest absolute Gasteiger partial charge is 0.478 e. The molecule has 2 aromatic carbocycles. The van der Waals surface area contributed by atoms with Crippen molar-refractivity contribution < 1.29 is 4.74 Å². The van der Waals surface area contributed by atoms with Gasteiger partial charge in [0.05, 0.1) is 0 Å². The SMILES string of the molecule is CC12C=Cc3ccccc3C1=Cc1ccccc1O2. The first-order valence-corrected chi connectivity index (χ1v) is 6.55. The molecule has 19 heavy (non-hydrogen) atoms. The molecule has 1 nitrogen and oxygen atoms in total. The van der Waals surface area contributed by atoms with Crippen LogP contribution in [-0.4, -0.2) is 5.60 Å². The van der Waals surface area contributed by atoms with E-state index >= 15 is 0 Å². The maximum atomic E-state index is 6.23. The summed E-state index contributed by atoms with van der Waals surface area (Å²) in [4.78, 5) is 0. The van der Waals surface area contributed by atoms with E-state index in [2.05, 4.69) is 55.5 Å². The zero-order valence-electron chi connectivity index (χ0n) is 10.8. The van der Waals surface area contributed by atoms with Crippen molar-refractivity contribution >= 4 is 17.7 Å². The molecule has 1 aliphatic carbocycles. The molecule has 1 heterocycles. The summed E-state index contributed by atoms with van der Waals surface area (Å²) in [6.45, 7) is 2.13. The van der Waals surface area contributed by atoms with Crippen molar-refractivity contribution in [3.8, 4) is 5.75 Å². The van der Waals surface area contributed by atoms with Crippen LogP contribution in [0.1, 0.15) is 23.6 Å². The van der Waals surface area contributed by atoms with Crippen molar-refractivity contribution in [2.24, 2.45) is 0 Å². The van der Waals surface area contributed by atoms with Gasteiger partial charge in [-0.05, 0) is 36.3 Å². The first-order valence-electron chi connectivity index (χ1n) is 6.55. The van der Waals surface area contributed by atoms with E-state index in [4.69, 9.17) is 4.74 Å². The Balaban J connectivity index is 2.00. The van der Waals surface area contributed by atoms with Gasteiger partial charge in [-0.2, -0.15) is 0 Å². The zero-order chi connectivity index (χ0) is 12.9. The summed E-state index contributed by atoms with van der Waals surface area (Å²) in [5.41, 5.74) is 4.56. The molecule has 0 fully saturated rings. The van der Waals surface area contributed by atoms with Crippen molar-refractivity contribution in [1.82, 2.24) is 0 Å². The number of hydrogen-bond donors (Lipinski definition) is 0. The predicted octanol–water partition coefficient (Wildman–Crippen LogP) is 4.41. The Morgan fingerprint density at radius 1 is 0.895 bits per heavy atom. The topological polar surface area (TPSA) is 9.23 Å². The summed E-state index contributed by atoms with van der Waals surface area (Å²) >= 11 is 0. The number of para-hydroxylation sites is 1. The van der Waals surface area contributed by atoms with Crippen LogP contribution in [0.2, 0.25) is 0 Å². The fourth-order valence-electron chi connectivity index (χ4n) is 2.88. The molecule has 2 aliphatic rings. The number of rotatable bonds is 0. The highest BCUT2D eigenvalue weighted by Gasteiger charge is 2.36. The van der Waals surface area contributed by atoms with Gasteiger partial charge in [-0.1, -0.05) is 48.5 Å². The lowest BCUT2D eigenvalue weighted by Crippen LogP contribution is -2.35. The Kier molecular flexibility index (Phi) is 2.02. The first kappa shape index (κ1) is 10.6. The van der Waals surface area contributed by atoms with Crippen molar-refractivity contribution in [1.29, 1.82) is 0 Å². The third-order valence-electron chi connectivity index (χ3n) is 3.91. The minimum atomic E-state index is -0.358. The molecule has 0 radical (unpaired) electrons. The van der Waals surface area contributed by atoms with Gasteiger partial charge in [0, 0.05) is 11.1 Å². The van der Waals surface area contributed by atoms with Crippen LogP contribution in [0.5, 0.6) is 5.75 Å². The lowest BCUT2D eigenvalue weighted by Gasteiger charge is -2.37.